The molecule has 0 aliphatic heterocycles. The number of aromatic nitrogens is 4. The van der Waals surface area contributed by atoms with Crippen molar-refractivity contribution in [3.63, 3.8) is 0 Å². The van der Waals surface area contributed by atoms with E-state index in [2.05, 4.69) is 36.3 Å². The standard InChI is InChI=1S/C17H15BrF3N5O/c18-13-6-15-24-12(17(19,20)21)5-14(26(15)25-13)23-9-16(7-10(16)8-27)11-3-1-2-4-22-11/h1-6,10,23,27H,7-9H2. The normalized spacial score (nSPS) is 22.2. The lowest BCUT2D eigenvalue weighted by atomic mass is 9.98. The van der Waals surface area contributed by atoms with E-state index in [1.165, 1.54) is 10.6 Å². The van der Waals surface area contributed by atoms with Crippen LogP contribution in [0.15, 0.2) is 41.1 Å². The third-order valence-corrected chi connectivity index (χ3v) is 5.29. The van der Waals surface area contributed by atoms with Crippen LogP contribution in [0, 0.1) is 5.92 Å². The van der Waals surface area contributed by atoms with Gasteiger partial charge in [-0.15, -0.1) is 0 Å². The molecule has 142 valence electrons. The lowest BCUT2D eigenvalue weighted by molar-refractivity contribution is -0.141. The second-order valence-corrected chi connectivity index (χ2v) is 7.38. The monoisotopic (exact) mass is 441 g/mol. The summed E-state index contributed by atoms with van der Waals surface area (Å²) in [5.74, 6) is 0.181. The molecule has 3 aromatic heterocycles. The van der Waals surface area contributed by atoms with Gasteiger partial charge in [0.2, 0.25) is 0 Å². The number of nitrogens with one attached hydrogen (secondary N) is 1. The highest BCUT2D eigenvalue weighted by Gasteiger charge is 2.55. The molecular weight excluding hydrogens is 427 g/mol. The van der Waals surface area contributed by atoms with Gasteiger partial charge < -0.3 is 10.4 Å². The van der Waals surface area contributed by atoms with Crippen molar-refractivity contribution in [2.75, 3.05) is 18.5 Å². The molecule has 0 amide bonds. The summed E-state index contributed by atoms with van der Waals surface area (Å²) < 4.78 is 41.3. The number of fused-ring (bicyclic) bond motifs is 1. The summed E-state index contributed by atoms with van der Waals surface area (Å²) in [6.45, 7) is 0.314. The minimum atomic E-state index is -4.57. The molecule has 4 rings (SSSR count). The first-order valence-electron chi connectivity index (χ1n) is 8.23. The molecule has 2 atom stereocenters. The third-order valence-electron chi connectivity index (χ3n) is 4.90. The topological polar surface area (TPSA) is 75.3 Å². The Balaban J connectivity index is 1.69. The highest BCUT2D eigenvalue weighted by atomic mass is 79.9. The van der Waals surface area contributed by atoms with Crippen molar-refractivity contribution >= 4 is 27.4 Å². The smallest absolute Gasteiger partial charge is 0.396 e. The SMILES string of the molecule is OCC1CC1(CNc1cc(C(F)(F)F)nc2cc(Br)nn12)c1ccccn1. The van der Waals surface area contributed by atoms with Gasteiger partial charge in [-0.3, -0.25) is 4.98 Å². The number of rotatable bonds is 5. The Bertz CT molecular complexity index is 978. The number of pyridine rings is 1. The van der Waals surface area contributed by atoms with E-state index >= 15 is 0 Å². The molecule has 0 radical (unpaired) electrons. The third kappa shape index (κ3) is 3.27. The molecule has 3 aromatic rings. The molecular formula is C17H15BrF3N5O. The number of anilines is 1. The van der Waals surface area contributed by atoms with Crippen LogP contribution in [0.25, 0.3) is 5.65 Å². The molecule has 27 heavy (non-hydrogen) atoms. The molecule has 1 aliphatic carbocycles. The highest BCUT2D eigenvalue weighted by molar-refractivity contribution is 9.10. The summed E-state index contributed by atoms with van der Waals surface area (Å²) in [7, 11) is 0. The first-order chi connectivity index (χ1) is 12.8. The van der Waals surface area contributed by atoms with Crippen LogP contribution < -0.4 is 5.32 Å². The maximum absolute atomic E-state index is 13.2. The Morgan fingerprint density at radius 1 is 1.33 bits per heavy atom. The summed E-state index contributed by atoms with van der Waals surface area (Å²) in [5.41, 5.74) is -0.527. The number of halogens is 4. The van der Waals surface area contributed by atoms with E-state index in [-0.39, 0.29) is 24.0 Å². The molecule has 2 N–H and O–H groups in total. The lowest BCUT2D eigenvalue weighted by Gasteiger charge is -2.19. The number of aliphatic hydroxyl groups is 1. The van der Waals surface area contributed by atoms with E-state index in [1.807, 2.05) is 12.1 Å². The molecule has 2 unspecified atom stereocenters. The van der Waals surface area contributed by atoms with E-state index in [1.54, 1.807) is 12.3 Å². The van der Waals surface area contributed by atoms with E-state index in [0.717, 1.165) is 11.8 Å². The molecule has 10 heteroatoms. The fourth-order valence-corrected chi connectivity index (χ4v) is 3.73. The Labute approximate surface area is 160 Å². The highest BCUT2D eigenvalue weighted by Crippen LogP contribution is 2.53. The second-order valence-electron chi connectivity index (χ2n) is 6.57. The maximum atomic E-state index is 13.2. The van der Waals surface area contributed by atoms with Crippen LogP contribution in [-0.2, 0) is 11.6 Å². The van der Waals surface area contributed by atoms with Gasteiger partial charge in [0.25, 0.3) is 0 Å². The van der Waals surface area contributed by atoms with Crippen LogP contribution in [0.2, 0.25) is 0 Å². The van der Waals surface area contributed by atoms with Crippen LogP contribution in [0.1, 0.15) is 17.8 Å². The first kappa shape index (κ1) is 18.2. The zero-order chi connectivity index (χ0) is 19.2. The summed E-state index contributed by atoms with van der Waals surface area (Å²) in [4.78, 5) is 8.00. The van der Waals surface area contributed by atoms with Crippen molar-refractivity contribution in [3.05, 3.63) is 52.5 Å². The van der Waals surface area contributed by atoms with Crippen molar-refractivity contribution in [1.82, 2.24) is 19.6 Å². The predicted octanol–water partition coefficient (Wildman–Crippen LogP) is 3.27. The number of hydrogen-bond acceptors (Lipinski definition) is 5. The average molecular weight is 442 g/mol. The van der Waals surface area contributed by atoms with E-state index < -0.39 is 17.3 Å². The fourth-order valence-electron chi connectivity index (χ4n) is 3.36. The number of aliphatic hydroxyl groups excluding tert-OH is 1. The zero-order valence-corrected chi connectivity index (χ0v) is 15.5. The molecule has 0 saturated heterocycles. The van der Waals surface area contributed by atoms with Crippen LogP contribution in [-0.4, -0.2) is 37.8 Å². The molecule has 6 nitrogen and oxygen atoms in total. The van der Waals surface area contributed by atoms with Gasteiger partial charge in [0.15, 0.2) is 11.3 Å². The summed E-state index contributed by atoms with van der Waals surface area (Å²) in [6, 6.07) is 7.88. The molecule has 0 aromatic carbocycles. The number of hydrogen-bond donors (Lipinski definition) is 2. The largest absolute Gasteiger partial charge is 0.433 e. The predicted molar refractivity (Wildman–Crippen MR) is 95.3 cm³/mol. The minimum Gasteiger partial charge on any atom is -0.396 e. The van der Waals surface area contributed by atoms with Gasteiger partial charge in [-0.05, 0) is 40.4 Å². The Morgan fingerprint density at radius 2 is 2.15 bits per heavy atom. The van der Waals surface area contributed by atoms with Crippen LogP contribution in [0.3, 0.4) is 0 Å². The lowest BCUT2D eigenvalue weighted by Crippen LogP contribution is -2.25. The first-order valence-corrected chi connectivity index (χ1v) is 9.02. The van der Waals surface area contributed by atoms with Gasteiger partial charge in [0.05, 0.1) is 0 Å². The maximum Gasteiger partial charge on any atom is 0.433 e. The Hall–Kier alpha value is -2.20. The molecule has 3 heterocycles. The molecule has 1 saturated carbocycles. The van der Waals surface area contributed by atoms with Crippen molar-refractivity contribution < 1.29 is 18.3 Å². The summed E-state index contributed by atoms with van der Waals surface area (Å²) in [5, 5.41) is 16.8. The van der Waals surface area contributed by atoms with Gasteiger partial charge in [-0.25, -0.2) is 4.98 Å². The van der Waals surface area contributed by atoms with Gasteiger partial charge in [-0.2, -0.15) is 22.8 Å². The molecule has 1 fully saturated rings. The molecule has 0 bridgehead atoms. The van der Waals surface area contributed by atoms with Crippen LogP contribution >= 0.6 is 15.9 Å². The Kier molecular flexibility index (Phi) is 4.34. The van der Waals surface area contributed by atoms with Crippen LogP contribution in [0.4, 0.5) is 19.0 Å². The van der Waals surface area contributed by atoms with Crippen molar-refractivity contribution in [1.29, 1.82) is 0 Å². The number of nitrogens with zero attached hydrogens (tertiary/aromatic N) is 4. The molecule has 1 aliphatic rings. The number of alkyl halides is 3. The van der Waals surface area contributed by atoms with E-state index in [0.29, 0.717) is 17.6 Å². The average Bonchev–Trinajstić information content (AvgIpc) is 3.24. The summed E-state index contributed by atoms with van der Waals surface area (Å²) in [6.07, 6.45) is -2.20. The summed E-state index contributed by atoms with van der Waals surface area (Å²) >= 11 is 3.17. The van der Waals surface area contributed by atoms with Crippen LogP contribution in [0.5, 0.6) is 0 Å². The van der Waals surface area contributed by atoms with Crippen molar-refractivity contribution in [3.8, 4) is 0 Å². The van der Waals surface area contributed by atoms with Crippen molar-refractivity contribution in [2.24, 2.45) is 5.92 Å². The Morgan fingerprint density at radius 3 is 2.78 bits per heavy atom. The van der Waals surface area contributed by atoms with E-state index in [4.69, 9.17) is 0 Å². The quantitative estimate of drug-likeness (QED) is 0.635. The van der Waals surface area contributed by atoms with Gasteiger partial charge in [0, 0.05) is 42.6 Å². The van der Waals surface area contributed by atoms with Gasteiger partial charge in [0.1, 0.15) is 10.4 Å². The zero-order valence-electron chi connectivity index (χ0n) is 13.9. The fraction of sp³-hybridized carbons (Fsp3) is 0.353. The van der Waals surface area contributed by atoms with E-state index in [9.17, 15) is 18.3 Å². The van der Waals surface area contributed by atoms with Crippen molar-refractivity contribution in [2.45, 2.75) is 18.0 Å². The van der Waals surface area contributed by atoms with Gasteiger partial charge >= 0.3 is 6.18 Å². The second kappa shape index (κ2) is 6.45. The minimum absolute atomic E-state index is 0.00340. The molecule has 0 spiro atoms. The van der Waals surface area contributed by atoms with Gasteiger partial charge in [-0.1, -0.05) is 6.07 Å².